The number of nitrogens with one attached hydrogen (secondary N) is 2. The molecule has 1 aromatic rings. The van der Waals surface area contributed by atoms with Gasteiger partial charge in [0.05, 0.1) is 6.20 Å². The van der Waals surface area contributed by atoms with Gasteiger partial charge in [0.2, 0.25) is 0 Å². The molecule has 0 fully saturated rings. The van der Waals surface area contributed by atoms with Crippen molar-refractivity contribution in [2.45, 2.75) is 11.9 Å². The van der Waals surface area contributed by atoms with E-state index >= 15 is 0 Å². The summed E-state index contributed by atoms with van der Waals surface area (Å²) in [7, 11) is -3.43. The fourth-order valence-corrected chi connectivity index (χ4v) is 2.74. The molecular formula is C9H15N3O2S2. The Hall–Kier alpha value is -0.790. The Labute approximate surface area is 99.8 Å². The van der Waals surface area contributed by atoms with Gasteiger partial charge in [-0.15, -0.1) is 6.58 Å². The Balaban J connectivity index is 2.44. The van der Waals surface area contributed by atoms with Crippen molar-refractivity contribution in [3.8, 4) is 0 Å². The summed E-state index contributed by atoms with van der Waals surface area (Å²) < 4.78 is 25.8. The van der Waals surface area contributed by atoms with Crippen LogP contribution in [0.5, 0.6) is 0 Å². The molecule has 1 heterocycles. The Bertz CT molecular complexity index is 439. The van der Waals surface area contributed by atoms with Crippen LogP contribution in [0, 0.1) is 6.92 Å². The van der Waals surface area contributed by atoms with E-state index in [4.69, 9.17) is 0 Å². The maximum atomic E-state index is 11.7. The number of aromatic nitrogens is 2. The summed E-state index contributed by atoms with van der Waals surface area (Å²) in [6.45, 7) is 5.69. The number of hydrogen-bond acceptors (Lipinski definition) is 4. The van der Waals surface area contributed by atoms with Gasteiger partial charge < -0.3 is 4.98 Å². The fourth-order valence-electron chi connectivity index (χ4n) is 1.03. The third-order valence-corrected chi connectivity index (χ3v) is 4.08. The molecule has 0 atom stereocenters. The second-order valence-corrected chi connectivity index (χ2v) is 5.98. The maximum Gasteiger partial charge on any atom is 0.257 e. The number of aromatic amines is 1. The number of thioether (sulfide) groups is 1. The van der Waals surface area contributed by atoms with Crippen LogP contribution in [0.1, 0.15) is 5.82 Å². The lowest BCUT2D eigenvalue weighted by Gasteiger charge is -2.03. The van der Waals surface area contributed by atoms with Crippen molar-refractivity contribution in [1.29, 1.82) is 0 Å². The zero-order chi connectivity index (χ0) is 12.0. The predicted molar refractivity (Wildman–Crippen MR) is 66.0 cm³/mol. The van der Waals surface area contributed by atoms with Gasteiger partial charge >= 0.3 is 0 Å². The van der Waals surface area contributed by atoms with Crippen LogP contribution in [0.4, 0.5) is 0 Å². The highest BCUT2D eigenvalue weighted by molar-refractivity contribution is 7.99. The van der Waals surface area contributed by atoms with Gasteiger partial charge in [-0.1, -0.05) is 6.08 Å². The van der Waals surface area contributed by atoms with E-state index in [2.05, 4.69) is 21.3 Å². The fraction of sp³-hybridized carbons (Fsp3) is 0.444. The lowest BCUT2D eigenvalue weighted by molar-refractivity contribution is 0.581. The lowest BCUT2D eigenvalue weighted by atomic mass is 10.8. The van der Waals surface area contributed by atoms with Crippen molar-refractivity contribution in [3.63, 3.8) is 0 Å². The molecular weight excluding hydrogens is 246 g/mol. The summed E-state index contributed by atoms with van der Waals surface area (Å²) in [4.78, 5) is 6.53. The van der Waals surface area contributed by atoms with Gasteiger partial charge in [-0.05, 0) is 6.92 Å². The first-order chi connectivity index (χ1) is 7.56. The van der Waals surface area contributed by atoms with Crippen LogP contribution in [0.3, 0.4) is 0 Å². The molecule has 16 heavy (non-hydrogen) atoms. The van der Waals surface area contributed by atoms with Gasteiger partial charge in [0.15, 0.2) is 5.03 Å². The number of aryl methyl sites for hydroxylation is 1. The minimum Gasteiger partial charge on any atom is -0.332 e. The zero-order valence-corrected chi connectivity index (χ0v) is 10.7. The monoisotopic (exact) mass is 261 g/mol. The quantitative estimate of drug-likeness (QED) is 0.565. The second-order valence-electron chi connectivity index (χ2n) is 3.09. The largest absolute Gasteiger partial charge is 0.332 e. The first-order valence-corrected chi connectivity index (χ1v) is 7.40. The number of rotatable bonds is 7. The van der Waals surface area contributed by atoms with Gasteiger partial charge in [0.25, 0.3) is 10.0 Å². The van der Waals surface area contributed by atoms with Gasteiger partial charge in [-0.2, -0.15) is 11.8 Å². The van der Waals surface area contributed by atoms with E-state index in [0.29, 0.717) is 12.4 Å². The van der Waals surface area contributed by atoms with E-state index in [1.807, 2.05) is 0 Å². The van der Waals surface area contributed by atoms with Crippen LogP contribution in [-0.4, -0.2) is 36.4 Å². The molecule has 0 unspecified atom stereocenters. The summed E-state index contributed by atoms with van der Waals surface area (Å²) in [5.41, 5.74) is 0. The molecule has 1 aromatic heterocycles. The molecule has 0 radical (unpaired) electrons. The molecule has 0 saturated carbocycles. The molecule has 1 rings (SSSR count). The summed E-state index contributed by atoms with van der Waals surface area (Å²) in [6.07, 6.45) is 3.10. The Morgan fingerprint density at radius 2 is 2.44 bits per heavy atom. The van der Waals surface area contributed by atoms with Crippen molar-refractivity contribution in [1.82, 2.24) is 14.7 Å². The molecule has 5 nitrogen and oxygen atoms in total. The molecule has 2 N–H and O–H groups in total. The Kier molecular flexibility index (Phi) is 5.04. The molecule has 7 heteroatoms. The van der Waals surface area contributed by atoms with Crippen LogP contribution in [0.25, 0.3) is 0 Å². The summed E-state index contributed by atoms with van der Waals surface area (Å²) in [6, 6.07) is 0. The van der Waals surface area contributed by atoms with E-state index < -0.39 is 10.0 Å². The van der Waals surface area contributed by atoms with Crippen LogP contribution < -0.4 is 4.72 Å². The van der Waals surface area contributed by atoms with Crippen LogP contribution in [0.15, 0.2) is 23.9 Å². The van der Waals surface area contributed by atoms with Gasteiger partial charge in [-0.25, -0.2) is 18.1 Å². The van der Waals surface area contributed by atoms with Crippen molar-refractivity contribution in [2.24, 2.45) is 0 Å². The number of hydrogen-bond donors (Lipinski definition) is 2. The Morgan fingerprint density at radius 3 is 3.00 bits per heavy atom. The van der Waals surface area contributed by atoms with Crippen LogP contribution in [-0.2, 0) is 10.0 Å². The molecule has 90 valence electrons. The highest BCUT2D eigenvalue weighted by atomic mass is 32.2. The van der Waals surface area contributed by atoms with Crippen molar-refractivity contribution >= 4 is 21.8 Å². The SMILES string of the molecule is C=CCSCCNS(=O)(=O)c1cnc(C)[nH]1. The highest BCUT2D eigenvalue weighted by Gasteiger charge is 2.15. The van der Waals surface area contributed by atoms with Crippen molar-refractivity contribution in [2.75, 3.05) is 18.1 Å². The number of imidazole rings is 1. The predicted octanol–water partition coefficient (Wildman–Crippen LogP) is 0.916. The molecule has 0 aliphatic carbocycles. The molecule has 0 aromatic carbocycles. The topological polar surface area (TPSA) is 74.8 Å². The average Bonchev–Trinajstić information content (AvgIpc) is 2.65. The lowest BCUT2D eigenvalue weighted by Crippen LogP contribution is -2.26. The van der Waals surface area contributed by atoms with E-state index in [9.17, 15) is 8.42 Å². The van der Waals surface area contributed by atoms with Gasteiger partial charge in [0.1, 0.15) is 5.82 Å². The minimum atomic E-state index is -3.43. The van der Waals surface area contributed by atoms with Gasteiger partial charge in [-0.3, -0.25) is 0 Å². The minimum absolute atomic E-state index is 0.110. The van der Waals surface area contributed by atoms with Crippen molar-refractivity contribution < 1.29 is 8.42 Å². The third-order valence-electron chi connectivity index (χ3n) is 1.74. The standard InChI is InChI=1S/C9H15N3O2S2/c1-3-5-15-6-4-11-16(13,14)9-7-10-8(2)12-9/h3,7,11H,1,4-6H2,2H3,(H,10,12). The molecule has 0 bridgehead atoms. The second kappa shape index (κ2) is 6.07. The van der Waals surface area contributed by atoms with Crippen LogP contribution in [0.2, 0.25) is 0 Å². The normalized spacial score (nSPS) is 11.6. The van der Waals surface area contributed by atoms with Gasteiger partial charge in [0, 0.05) is 18.1 Å². The smallest absolute Gasteiger partial charge is 0.257 e. The number of H-pyrrole nitrogens is 1. The molecule has 0 aliphatic rings. The van der Waals surface area contributed by atoms with E-state index in [1.165, 1.54) is 6.20 Å². The van der Waals surface area contributed by atoms with E-state index in [1.54, 1.807) is 24.8 Å². The van der Waals surface area contributed by atoms with E-state index in [-0.39, 0.29) is 5.03 Å². The summed E-state index contributed by atoms with van der Waals surface area (Å²) in [5, 5.41) is 0.110. The molecule has 0 saturated heterocycles. The highest BCUT2D eigenvalue weighted by Crippen LogP contribution is 2.05. The van der Waals surface area contributed by atoms with Crippen LogP contribution >= 0.6 is 11.8 Å². The summed E-state index contributed by atoms with van der Waals surface area (Å²) >= 11 is 1.62. The summed E-state index contributed by atoms with van der Waals surface area (Å²) in [5.74, 6) is 2.13. The third kappa shape index (κ3) is 3.99. The number of sulfonamides is 1. The maximum absolute atomic E-state index is 11.7. The first kappa shape index (κ1) is 13.3. The average molecular weight is 261 g/mol. The van der Waals surface area contributed by atoms with Crippen molar-refractivity contribution in [3.05, 3.63) is 24.7 Å². The molecule has 0 amide bonds. The number of nitrogens with zero attached hydrogens (tertiary/aromatic N) is 1. The van der Waals surface area contributed by atoms with E-state index in [0.717, 1.165) is 11.5 Å². The molecule has 0 aliphatic heterocycles. The Morgan fingerprint density at radius 1 is 1.69 bits per heavy atom. The zero-order valence-electron chi connectivity index (χ0n) is 9.06. The first-order valence-electron chi connectivity index (χ1n) is 4.76. The molecule has 0 spiro atoms.